The number of hydrogen-bond donors (Lipinski definition) is 1. The Morgan fingerprint density at radius 1 is 1.25 bits per heavy atom. The lowest BCUT2D eigenvalue weighted by atomic mass is 10.2. The lowest BCUT2D eigenvalue weighted by molar-refractivity contribution is 0.191. The lowest BCUT2D eigenvalue weighted by Gasteiger charge is -2.16. The van der Waals surface area contributed by atoms with Crippen LogP contribution in [0.4, 0.5) is 8.78 Å². The van der Waals surface area contributed by atoms with Crippen molar-refractivity contribution in [3.8, 4) is 5.75 Å². The summed E-state index contributed by atoms with van der Waals surface area (Å²) in [5.74, 6) is -1.60. The molecule has 114 valence electrons. The van der Waals surface area contributed by atoms with Gasteiger partial charge in [0.05, 0.1) is 12.7 Å². The molecule has 0 spiro atoms. The first-order valence-electron chi connectivity index (χ1n) is 6.92. The molecule has 0 radical (unpaired) electrons. The van der Waals surface area contributed by atoms with E-state index in [1.165, 1.54) is 12.1 Å². The molecule has 3 nitrogen and oxygen atoms in total. The highest BCUT2D eigenvalue weighted by molar-refractivity contribution is 5.31. The largest absolute Gasteiger partial charge is 0.485 e. The molecule has 0 fully saturated rings. The Hall–Kier alpha value is -1.20. The molecule has 1 rings (SSSR count). The molecule has 0 aliphatic carbocycles. The maximum Gasteiger partial charge on any atom is 0.191 e. The van der Waals surface area contributed by atoms with Crippen molar-refractivity contribution in [1.82, 2.24) is 5.32 Å². The molecule has 1 N–H and O–H groups in total. The molecule has 0 amide bonds. The third-order valence-corrected chi connectivity index (χ3v) is 2.88. The summed E-state index contributed by atoms with van der Waals surface area (Å²) in [5, 5.41) is 3.04. The van der Waals surface area contributed by atoms with Crippen molar-refractivity contribution in [3.05, 3.63) is 29.3 Å². The zero-order valence-corrected chi connectivity index (χ0v) is 12.3. The highest BCUT2D eigenvalue weighted by Gasteiger charge is 2.15. The van der Waals surface area contributed by atoms with Gasteiger partial charge in [-0.2, -0.15) is 0 Å². The Kier molecular flexibility index (Phi) is 7.47. The fraction of sp³-hybridized carbons (Fsp3) is 0.600. The summed E-state index contributed by atoms with van der Waals surface area (Å²) in [6.45, 7) is 5.39. The maximum absolute atomic E-state index is 13.9. The predicted octanol–water partition coefficient (Wildman–Crippen LogP) is 3.27. The molecule has 0 bridgehead atoms. The van der Waals surface area contributed by atoms with Gasteiger partial charge in [0.25, 0.3) is 0 Å². The first kappa shape index (κ1) is 16.9. The summed E-state index contributed by atoms with van der Waals surface area (Å²) in [4.78, 5) is 0. The van der Waals surface area contributed by atoms with Gasteiger partial charge in [-0.25, -0.2) is 8.78 Å². The van der Waals surface area contributed by atoms with Crippen molar-refractivity contribution < 1.29 is 18.3 Å². The molecule has 1 aromatic carbocycles. The van der Waals surface area contributed by atoms with Gasteiger partial charge in [0.1, 0.15) is 0 Å². The van der Waals surface area contributed by atoms with Crippen LogP contribution in [0.3, 0.4) is 0 Å². The van der Waals surface area contributed by atoms with Crippen molar-refractivity contribution in [1.29, 1.82) is 0 Å². The monoisotopic (exact) mass is 287 g/mol. The Labute approximate surface area is 119 Å². The number of rotatable bonds is 9. The third-order valence-electron chi connectivity index (χ3n) is 2.88. The number of nitrogens with one attached hydrogen (secondary N) is 1. The second kappa shape index (κ2) is 8.87. The van der Waals surface area contributed by atoms with E-state index in [1.807, 2.05) is 13.8 Å². The van der Waals surface area contributed by atoms with E-state index >= 15 is 0 Å². The minimum atomic E-state index is -0.656. The standard InChI is InChI=1S/C15H23F2NO2/c1-4-5-11(2)20-15-13(16)8-12(9-14(15)17)10-18-6-7-19-3/h8-9,11,18H,4-7,10H2,1-3H3. The summed E-state index contributed by atoms with van der Waals surface area (Å²) in [6, 6.07) is 2.60. The summed E-state index contributed by atoms with van der Waals surface area (Å²) in [7, 11) is 1.60. The van der Waals surface area contributed by atoms with Crippen molar-refractivity contribution in [3.63, 3.8) is 0 Å². The molecule has 0 aliphatic rings. The van der Waals surface area contributed by atoms with E-state index < -0.39 is 11.6 Å². The van der Waals surface area contributed by atoms with E-state index in [2.05, 4.69) is 5.32 Å². The predicted molar refractivity (Wildman–Crippen MR) is 74.9 cm³/mol. The van der Waals surface area contributed by atoms with Gasteiger partial charge in [0, 0.05) is 20.2 Å². The lowest BCUT2D eigenvalue weighted by Crippen LogP contribution is -2.19. The van der Waals surface area contributed by atoms with Crippen LogP contribution in [0.2, 0.25) is 0 Å². The number of methoxy groups -OCH3 is 1. The van der Waals surface area contributed by atoms with Crippen LogP contribution >= 0.6 is 0 Å². The second-order valence-electron chi connectivity index (χ2n) is 4.78. The molecule has 0 aliphatic heterocycles. The van der Waals surface area contributed by atoms with Gasteiger partial charge in [-0.3, -0.25) is 0 Å². The molecule has 0 heterocycles. The van der Waals surface area contributed by atoms with Crippen molar-refractivity contribution >= 4 is 0 Å². The molecule has 5 heteroatoms. The quantitative estimate of drug-likeness (QED) is 0.707. The van der Waals surface area contributed by atoms with Crippen LogP contribution in [-0.2, 0) is 11.3 Å². The van der Waals surface area contributed by atoms with Crippen molar-refractivity contribution in [2.75, 3.05) is 20.3 Å². The van der Waals surface area contributed by atoms with Gasteiger partial charge in [-0.05, 0) is 31.0 Å². The number of halogens is 2. The van der Waals surface area contributed by atoms with Gasteiger partial charge in [0.15, 0.2) is 17.4 Å². The van der Waals surface area contributed by atoms with Crippen LogP contribution in [0.25, 0.3) is 0 Å². The Balaban J connectivity index is 2.66. The van der Waals surface area contributed by atoms with Crippen molar-refractivity contribution in [2.45, 2.75) is 39.3 Å². The molecule has 1 aromatic rings. The van der Waals surface area contributed by atoms with Gasteiger partial charge >= 0.3 is 0 Å². The van der Waals surface area contributed by atoms with Crippen LogP contribution in [0.5, 0.6) is 5.75 Å². The average Bonchev–Trinajstić information content (AvgIpc) is 2.39. The van der Waals surface area contributed by atoms with Crippen LogP contribution in [0.1, 0.15) is 32.3 Å². The van der Waals surface area contributed by atoms with Crippen LogP contribution in [0.15, 0.2) is 12.1 Å². The summed E-state index contributed by atoms with van der Waals surface area (Å²) < 4.78 is 37.9. The fourth-order valence-electron chi connectivity index (χ4n) is 1.90. The van der Waals surface area contributed by atoms with E-state index in [9.17, 15) is 8.78 Å². The van der Waals surface area contributed by atoms with Crippen LogP contribution in [-0.4, -0.2) is 26.4 Å². The molecule has 0 saturated heterocycles. The van der Waals surface area contributed by atoms with E-state index in [-0.39, 0.29) is 11.9 Å². The van der Waals surface area contributed by atoms with E-state index in [4.69, 9.17) is 9.47 Å². The number of benzene rings is 1. The normalized spacial score (nSPS) is 12.4. The summed E-state index contributed by atoms with van der Waals surface area (Å²) >= 11 is 0. The minimum absolute atomic E-state index is 0.199. The summed E-state index contributed by atoms with van der Waals surface area (Å²) in [5.41, 5.74) is 0.548. The van der Waals surface area contributed by atoms with E-state index in [0.717, 1.165) is 12.8 Å². The molecule has 1 atom stereocenters. The van der Waals surface area contributed by atoms with Gasteiger partial charge in [0.2, 0.25) is 0 Å². The Morgan fingerprint density at radius 2 is 1.90 bits per heavy atom. The Bertz CT molecular complexity index is 390. The highest BCUT2D eigenvalue weighted by Crippen LogP contribution is 2.25. The molecular weight excluding hydrogens is 264 g/mol. The maximum atomic E-state index is 13.9. The van der Waals surface area contributed by atoms with Gasteiger partial charge in [-0.15, -0.1) is 0 Å². The zero-order chi connectivity index (χ0) is 15.0. The minimum Gasteiger partial charge on any atom is -0.485 e. The van der Waals surface area contributed by atoms with Crippen molar-refractivity contribution in [2.24, 2.45) is 0 Å². The highest BCUT2D eigenvalue weighted by atomic mass is 19.1. The summed E-state index contributed by atoms with van der Waals surface area (Å²) in [6.07, 6.45) is 1.47. The molecule has 20 heavy (non-hydrogen) atoms. The van der Waals surface area contributed by atoms with Gasteiger partial charge < -0.3 is 14.8 Å². The zero-order valence-electron chi connectivity index (χ0n) is 12.3. The second-order valence-corrected chi connectivity index (χ2v) is 4.78. The van der Waals surface area contributed by atoms with E-state index in [0.29, 0.717) is 25.3 Å². The van der Waals surface area contributed by atoms with Crippen LogP contribution < -0.4 is 10.1 Å². The smallest absolute Gasteiger partial charge is 0.191 e. The van der Waals surface area contributed by atoms with E-state index in [1.54, 1.807) is 7.11 Å². The Morgan fingerprint density at radius 3 is 2.45 bits per heavy atom. The first-order chi connectivity index (χ1) is 9.58. The number of hydrogen-bond acceptors (Lipinski definition) is 3. The number of ether oxygens (including phenoxy) is 2. The molecule has 1 unspecified atom stereocenters. The fourth-order valence-corrected chi connectivity index (χ4v) is 1.90. The van der Waals surface area contributed by atoms with Crippen LogP contribution in [0, 0.1) is 11.6 Å². The molecule has 0 aromatic heterocycles. The average molecular weight is 287 g/mol. The first-order valence-corrected chi connectivity index (χ1v) is 6.92. The van der Waals surface area contributed by atoms with Gasteiger partial charge in [-0.1, -0.05) is 13.3 Å². The molecule has 0 saturated carbocycles. The molecular formula is C15H23F2NO2. The topological polar surface area (TPSA) is 30.5 Å². The SMILES string of the molecule is CCCC(C)Oc1c(F)cc(CNCCOC)cc1F. The third kappa shape index (κ3) is 5.43.